The second-order valence-electron chi connectivity index (χ2n) is 14.2. The summed E-state index contributed by atoms with van der Waals surface area (Å²) in [6, 6.07) is 25.8. The third kappa shape index (κ3) is 8.21. The van der Waals surface area contributed by atoms with E-state index in [-0.39, 0.29) is 31.2 Å². The third-order valence-electron chi connectivity index (χ3n) is 9.41. The number of imidazole rings is 1. The van der Waals surface area contributed by atoms with Gasteiger partial charge in [0, 0.05) is 14.5 Å². The number of nitrogens with zero attached hydrogens (tertiary/aromatic N) is 4. The summed E-state index contributed by atoms with van der Waals surface area (Å²) in [5.41, 5.74) is 8.14. The highest BCUT2D eigenvalue weighted by Gasteiger charge is 2.47. The Hall–Kier alpha value is -4.86. The van der Waals surface area contributed by atoms with Crippen molar-refractivity contribution in [2.75, 3.05) is 33.2 Å². The lowest BCUT2D eigenvalue weighted by atomic mass is 9.80. The predicted molar refractivity (Wildman–Crippen MR) is 201 cm³/mol. The second kappa shape index (κ2) is 16.0. The zero-order chi connectivity index (χ0) is 37.8. The van der Waals surface area contributed by atoms with Crippen LogP contribution < -0.4 is 15.2 Å². The van der Waals surface area contributed by atoms with E-state index in [1.54, 1.807) is 14.2 Å². The van der Waals surface area contributed by atoms with E-state index in [2.05, 4.69) is 34.6 Å². The van der Waals surface area contributed by atoms with E-state index < -0.39 is 38.2 Å². The smallest absolute Gasteiger partial charge is 0.306 e. The van der Waals surface area contributed by atoms with Gasteiger partial charge in [0.1, 0.15) is 46.8 Å². The summed E-state index contributed by atoms with van der Waals surface area (Å²) in [4.78, 5) is 25.8. The number of methoxy groups -OCH3 is 2. The van der Waals surface area contributed by atoms with Gasteiger partial charge >= 0.3 is 5.97 Å². The normalized spacial score (nSPS) is 19.0. The van der Waals surface area contributed by atoms with Crippen molar-refractivity contribution in [2.45, 2.75) is 68.7 Å². The molecule has 4 N–H and O–H groups in total. The number of carbonyl (C=O) groups is 1. The van der Waals surface area contributed by atoms with Gasteiger partial charge < -0.3 is 39.6 Å². The molecule has 4 atom stereocenters. The number of fused-ring (bicyclic) bond motifs is 1. The van der Waals surface area contributed by atoms with Crippen molar-refractivity contribution in [3.63, 3.8) is 0 Å². The number of ether oxygens (including phenoxy) is 5. The fraction of sp³-hybridized carbons (Fsp3) is 0.385. The maximum absolute atomic E-state index is 12.4. The van der Waals surface area contributed by atoms with Crippen LogP contribution >= 0.6 is 0 Å². The SMILES string of the molecule is COc1ccc(C(OC[C@H]2O[C@@H](n3cnc4c(N)nc(CCC(=O)OCC[Si](C)(C)C)nc43)[C@H](O)[C@@H]2O)(c2ccccc2)c2ccc(OC)cc2)cc1. The summed E-state index contributed by atoms with van der Waals surface area (Å²) in [6.07, 6.45) is -3.02. The molecule has 0 spiro atoms. The highest BCUT2D eigenvalue weighted by atomic mass is 28.3. The topological polar surface area (TPSA) is 173 Å². The van der Waals surface area contributed by atoms with Gasteiger partial charge in [0.15, 0.2) is 17.7 Å². The van der Waals surface area contributed by atoms with Crippen molar-refractivity contribution in [2.24, 2.45) is 0 Å². The number of rotatable bonds is 15. The standard InChI is InChI=1S/C39H47N5O8Si/c1-48-28-15-11-26(12-16-28)39(25-9-7-6-8-10-25,27-13-17-29(49-2)18-14-27)51-23-30-34(46)35(47)38(52-30)44-24-41-33-36(40)42-31(43-37(33)44)19-20-32(45)50-21-22-53(3,4)5/h6-18,24,30,34-35,38,46-47H,19-23H2,1-5H3,(H2,40,42,43)/t30-,34-,35-,38-/m1/s1. The Kier molecular flexibility index (Phi) is 11.5. The number of aromatic nitrogens is 4. The predicted octanol–water partition coefficient (Wildman–Crippen LogP) is 4.87. The van der Waals surface area contributed by atoms with Gasteiger partial charge in [0.05, 0.1) is 40.2 Å². The largest absolute Gasteiger partial charge is 0.497 e. The maximum Gasteiger partial charge on any atom is 0.306 e. The van der Waals surface area contributed by atoms with Crippen LogP contribution in [0.1, 0.15) is 35.2 Å². The van der Waals surface area contributed by atoms with Crippen molar-refractivity contribution in [3.05, 3.63) is 108 Å². The lowest BCUT2D eigenvalue weighted by Crippen LogP contribution is -2.39. The van der Waals surface area contributed by atoms with Gasteiger partial charge in [-0.05, 0) is 47.0 Å². The summed E-state index contributed by atoms with van der Waals surface area (Å²) >= 11 is 0. The zero-order valence-corrected chi connectivity index (χ0v) is 31.6. The van der Waals surface area contributed by atoms with Crippen LogP contribution in [-0.4, -0.2) is 89.5 Å². The fourth-order valence-electron chi connectivity index (χ4n) is 6.42. The van der Waals surface area contributed by atoms with Crippen LogP contribution in [-0.2, 0) is 31.0 Å². The van der Waals surface area contributed by atoms with Crippen LogP contribution in [0.2, 0.25) is 25.7 Å². The van der Waals surface area contributed by atoms with E-state index in [0.717, 1.165) is 22.7 Å². The molecular weight excluding hydrogens is 695 g/mol. The first kappa shape index (κ1) is 37.9. The summed E-state index contributed by atoms with van der Waals surface area (Å²) in [7, 11) is 1.88. The number of hydrogen-bond acceptors (Lipinski definition) is 12. The third-order valence-corrected chi connectivity index (χ3v) is 11.1. The molecule has 2 aromatic heterocycles. The summed E-state index contributed by atoms with van der Waals surface area (Å²) in [5.74, 6) is 1.47. The van der Waals surface area contributed by atoms with Crippen molar-refractivity contribution in [3.8, 4) is 11.5 Å². The van der Waals surface area contributed by atoms with E-state index >= 15 is 0 Å². The van der Waals surface area contributed by atoms with Crippen LogP contribution in [0.15, 0.2) is 85.2 Å². The maximum atomic E-state index is 12.4. The number of nitrogen functional groups attached to an aromatic ring is 1. The number of hydrogen-bond donors (Lipinski definition) is 3. The molecule has 1 aliphatic heterocycles. The molecule has 6 rings (SSSR count). The molecule has 1 aliphatic rings. The molecule has 0 saturated carbocycles. The molecule has 1 saturated heterocycles. The Labute approximate surface area is 309 Å². The monoisotopic (exact) mass is 741 g/mol. The molecule has 0 aliphatic carbocycles. The minimum atomic E-state index is -1.37. The quantitative estimate of drug-likeness (QED) is 0.0757. The first-order valence-corrected chi connectivity index (χ1v) is 21.3. The van der Waals surface area contributed by atoms with Crippen LogP contribution in [0.5, 0.6) is 11.5 Å². The minimum absolute atomic E-state index is 0.0804. The van der Waals surface area contributed by atoms with Crippen molar-refractivity contribution in [1.82, 2.24) is 19.5 Å². The molecule has 3 aromatic carbocycles. The average Bonchev–Trinajstić information content (AvgIpc) is 3.71. The number of esters is 1. The fourth-order valence-corrected chi connectivity index (χ4v) is 7.13. The number of nitrogens with two attached hydrogens (primary N) is 1. The molecule has 0 unspecified atom stereocenters. The van der Waals surface area contributed by atoms with Crippen LogP contribution in [0, 0.1) is 0 Å². The van der Waals surface area contributed by atoms with E-state index in [9.17, 15) is 15.0 Å². The Morgan fingerprint density at radius 1 is 0.887 bits per heavy atom. The number of carbonyl (C=O) groups excluding carboxylic acids is 1. The first-order chi connectivity index (χ1) is 25.4. The Morgan fingerprint density at radius 2 is 1.49 bits per heavy atom. The number of benzene rings is 3. The second-order valence-corrected chi connectivity index (χ2v) is 19.9. The van der Waals surface area contributed by atoms with Gasteiger partial charge in [-0.3, -0.25) is 9.36 Å². The van der Waals surface area contributed by atoms with Crippen molar-refractivity contribution in [1.29, 1.82) is 0 Å². The van der Waals surface area contributed by atoms with Gasteiger partial charge in [0.25, 0.3) is 0 Å². The minimum Gasteiger partial charge on any atom is -0.497 e. The van der Waals surface area contributed by atoms with Crippen molar-refractivity contribution < 1.29 is 38.7 Å². The summed E-state index contributed by atoms with van der Waals surface area (Å²) < 4.78 is 31.1. The molecule has 13 nitrogen and oxygen atoms in total. The molecule has 280 valence electrons. The highest BCUT2D eigenvalue weighted by molar-refractivity contribution is 6.76. The Bertz CT molecular complexity index is 1940. The zero-order valence-electron chi connectivity index (χ0n) is 30.6. The summed E-state index contributed by atoms with van der Waals surface area (Å²) in [6.45, 7) is 6.94. The molecule has 0 amide bonds. The van der Waals surface area contributed by atoms with E-state index in [1.165, 1.54) is 10.9 Å². The van der Waals surface area contributed by atoms with E-state index in [1.807, 2.05) is 78.9 Å². The average molecular weight is 742 g/mol. The van der Waals surface area contributed by atoms with Gasteiger partial charge in [-0.15, -0.1) is 0 Å². The van der Waals surface area contributed by atoms with Crippen LogP contribution in [0.4, 0.5) is 5.82 Å². The van der Waals surface area contributed by atoms with E-state index in [4.69, 9.17) is 29.4 Å². The molecule has 53 heavy (non-hydrogen) atoms. The lowest BCUT2D eigenvalue weighted by Gasteiger charge is -2.37. The number of anilines is 1. The number of aryl methyl sites for hydroxylation is 1. The van der Waals surface area contributed by atoms with Gasteiger partial charge in [-0.2, -0.15) is 0 Å². The molecule has 1 fully saturated rings. The van der Waals surface area contributed by atoms with Gasteiger partial charge in [-0.25, -0.2) is 15.0 Å². The molecule has 0 bridgehead atoms. The van der Waals surface area contributed by atoms with Gasteiger partial charge in [0.2, 0.25) is 0 Å². The molecule has 3 heterocycles. The van der Waals surface area contributed by atoms with Crippen LogP contribution in [0.3, 0.4) is 0 Å². The molecular formula is C39H47N5O8Si. The van der Waals surface area contributed by atoms with Gasteiger partial charge in [-0.1, -0.05) is 74.2 Å². The highest BCUT2D eigenvalue weighted by Crippen LogP contribution is 2.43. The molecule has 14 heteroatoms. The lowest BCUT2D eigenvalue weighted by molar-refractivity contribution is -0.143. The Balaban J connectivity index is 1.27. The number of aliphatic hydroxyl groups is 2. The van der Waals surface area contributed by atoms with Crippen molar-refractivity contribution >= 4 is 31.0 Å². The first-order valence-electron chi connectivity index (χ1n) is 17.6. The molecule has 5 aromatic rings. The molecule has 0 radical (unpaired) electrons. The number of aliphatic hydroxyl groups excluding tert-OH is 2. The summed E-state index contributed by atoms with van der Waals surface area (Å²) in [5, 5.41) is 22.8. The van der Waals surface area contributed by atoms with E-state index in [0.29, 0.717) is 35.1 Å². The Morgan fingerprint density at radius 3 is 2.08 bits per heavy atom. The van der Waals surface area contributed by atoms with Crippen LogP contribution in [0.25, 0.3) is 11.2 Å².